The fourth-order valence-corrected chi connectivity index (χ4v) is 4.10. The number of benzene rings is 1. The Balaban J connectivity index is 1.22. The number of ether oxygens (including phenoxy) is 1. The van der Waals surface area contributed by atoms with Gasteiger partial charge in [0.15, 0.2) is 0 Å². The number of hydrogen-bond donors (Lipinski definition) is 1. The van der Waals surface area contributed by atoms with Crippen molar-refractivity contribution in [1.29, 1.82) is 0 Å². The highest BCUT2D eigenvalue weighted by Crippen LogP contribution is 2.32. The summed E-state index contributed by atoms with van der Waals surface area (Å²) < 4.78 is 6.10. The van der Waals surface area contributed by atoms with Crippen LogP contribution in [-0.4, -0.2) is 65.7 Å². The number of rotatable bonds is 8. The van der Waals surface area contributed by atoms with Gasteiger partial charge in [0.1, 0.15) is 23.7 Å². The number of piperazine rings is 1. The fourth-order valence-electron chi connectivity index (χ4n) is 4.10. The van der Waals surface area contributed by atoms with Crippen LogP contribution in [0.1, 0.15) is 31.2 Å². The quantitative estimate of drug-likeness (QED) is 0.562. The third-order valence-corrected chi connectivity index (χ3v) is 6.40. The third-order valence-electron chi connectivity index (χ3n) is 6.40. The molecule has 7 heteroatoms. The van der Waals surface area contributed by atoms with Crippen molar-refractivity contribution in [3.63, 3.8) is 0 Å². The van der Waals surface area contributed by atoms with Gasteiger partial charge < -0.3 is 19.9 Å². The summed E-state index contributed by atoms with van der Waals surface area (Å²) in [4.78, 5) is 18.3. The summed E-state index contributed by atoms with van der Waals surface area (Å²) in [6, 6.07) is 14.5. The minimum absolute atomic E-state index is 0.294. The normalized spacial score (nSPS) is 17.6. The van der Waals surface area contributed by atoms with Crippen LogP contribution in [0, 0.1) is 0 Å². The maximum atomic E-state index is 6.10. The summed E-state index contributed by atoms with van der Waals surface area (Å²) in [6.45, 7) is 7.14. The SMILES string of the molecule is C[C@H](CNc1cc(-c2ccc(N3CCN(C)CC3)nc2)ncn1)c1ccccc1OC1CC1. The van der Waals surface area contributed by atoms with Crippen molar-refractivity contribution in [2.75, 3.05) is 50.0 Å². The van der Waals surface area contributed by atoms with Gasteiger partial charge in [-0.2, -0.15) is 0 Å². The lowest BCUT2D eigenvalue weighted by molar-refractivity contribution is 0.298. The minimum atomic E-state index is 0.294. The molecule has 0 radical (unpaired) electrons. The van der Waals surface area contributed by atoms with E-state index in [-0.39, 0.29) is 0 Å². The standard InChI is InChI=1S/C26H32N6O/c1-19(22-5-3-4-6-24(22)33-21-8-9-21)16-27-25-15-23(29-18-30-25)20-7-10-26(28-17-20)32-13-11-31(2)12-14-32/h3-7,10,15,17-19,21H,8-9,11-14,16H2,1-2H3,(H,27,29,30)/t19-/m1/s1. The van der Waals surface area contributed by atoms with Gasteiger partial charge in [-0.1, -0.05) is 25.1 Å². The molecule has 1 saturated heterocycles. The van der Waals surface area contributed by atoms with Crippen LogP contribution in [0.15, 0.2) is 55.0 Å². The number of likely N-dealkylation sites (N-methyl/N-ethyl adjacent to an activating group) is 1. The van der Waals surface area contributed by atoms with Crippen LogP contribution in [0.2, 0.25) is 0 Å². The second-order valence-electron chi connectivity index (χ2n) is 9.12. The molecule has 2 aromatic heterocycles. The molecule has 1 N–H and O–H groups in total. The van der Waals surface area contributed by atoms with Gasteiger partial charge in [0, 0.05) is 56.5 Å². The molecule has 3 aromatic rings. The number of para-hydroxylation sites is 1. The maximum Gasteiger partial charge on any atom is 0.129 e. The highest BCUT2D eigenvalue weighted by molar-refractivity contribution is 5.62. The summed E-state index contributed by atoms with van der Waals surface area (Å²) >= 11 is 0. The number of hydrogen-bond acceptors (Lipinski definition) is 7. The molecule has 0 spiro atoms. The lowest BCUT2D eigenvalue weighted by atomic mass is 10.00. The van der Waals surface area contributed by atoms with Gasteiger partial charge in [0.05, 0.1) is 11.8 Å². The van der Waals surface area contributed by atoms with E-state index in [1.807, 2.05) is 18.3 Å². The number of nitrogens with zero attached hydrogens (tertiary/aromatic N) is 5. The van der Waals surface area contributed by atoms with Gasteiger partial charge in [0.25, 0.3) is 0 Å². The minimum Gasteiger partial charge on any atom is -0.490 e. The first-order chi connectivity index (χ1) is 16.2. The first-order valence-electron chi connectivity index (χ1n) is 11.9. The summed E-state index contributed by atoms with van der Waals surface area (Å²) in [7, 11) is 2.16. The smallest absolute Gasteiger partial charge is 0.129 e. The zero-order chi connectivity index (χ0) is 22.6. The zero-order valence-corrected chi connectivity index (χ0v) is 19.4. The number of pyridine rings is 1. The van der Waals surface area contributed by atoms with E-state index in [4.69, 9.17) is 9.72 Å². The molecule has 0 unspecified atom stereocenters. The average molecular weight is 445 g/mol. The summed E-state index contributed by atoms with van der Waals surface area (Å²) in [5.74, 6) is 3.14. The molecule has 33 heavy (non-hydrogen) atoms. The predicted molar refractivity (Wildman–Crippen MR) is 132 cm³/mol. The Labute approximate surface area is 195 Å². The fraction of sp³-hybridized carbons (Fsp3) is 0.423. The Bertz CT molecular complexity index is 1060. The van der Waals surface area contributed by atoms with E-state index in [2.05, 4.69) is 69.4 Å². The van der Waals surface area contributed by atoms with Crippen LogP contribution in [0.3, 0.4) is 0 Å². The van der Waals surface area contributed by atoms with E-state index in [9.17, 15) is 0 Å². The van der Waals surface area contributed by atoms with E-state index in [0.717, 1.165) is 74.2 Å². The summed E-state index contributed by atoms with van der Waals surface area (Å²) in [5, 5.41) is 3.48. The molecular weight excluding hydrogens is 412 g/mol. The molecule has 1 saturated carbocycles. The largest absolute Gasteiger partial charge is 0.490 e. The van der Waals surface area contributed by atoms with Crippen LogP contribution in [0.4, 0.5) is 11.6 Å². The molecule has 0 bridgehead atoms. The third kappa shape index (κ3) is 5.42. The van der Waals surface area contributed by atoms with Crippen molar-refractivity contribution in [1.82, 2.24) is 19.9 Å². The van der Waals surface area contributed by atoms with Crippen LogP contribution in [0.5, 0.6) is 5.75 Å². The second kappa shape index (κ2) is 9.75. The van der Waals surface area contributed by atoms with Crippen LogP contribution >= 0.6 is 0 Å². The molecule has 172 valence electrons. The van der Waals surface area contributed by atoms with Gasteiger partial charge in [-0.3, -0.25) is 0 Å². The van der Waals surface area contributed by atoms with Gasteiger partial charge in [0.2, 0.25) is 0 Å². The van der Waals surface area contributed by atoms with Gasteiger partial charge in [-0.05, 0) is 43.7 Å². The Morgan fingerprint density at radius 3 is 2.61 bits per heavy atom. The predicted octanol–water partition coefficient (Wildman–Crippen LogP) is 4.05. The molecule has 1 atom stereocenters. The van der Waals surface area contributed by atoms with Crippen LogP contribution in [0.25, 0.3) is 11.3 Å². The summed E-state index contributed by atoms with van der Waals surface area (Å²) in [5.41, 5.74) is 3.10. The van der Waals surface area contributed by atoms with Crippen molar-refractivity contribution in [2.24, 2.45) is 0 Å². The Morgan fingerprint density at radius 1 is 1.03 bits per heavy atom. The molecule has 3 heterocycles. The first kappa shape index (κ1) is 21.6. The molecule has 7 nitrogen and oxygen atoms in total. The van der Waals surface area contributed by atoms with Crippen molar-refractivity contribution < 1.29 is 4.74 Å². The van der Waals surface area contributed by atoms with Crippen molar-refractivity contribution in [2.45, 2.75) is 31.8 Å². The van der Waals surface area contributed by atoms with Gasteiger partial charge >= 0.3 is 0 Å². The molecule has 1 aliphatic heterocycles. The molecule has 1 aromatic carbocycles. The second-order valence-corrected chi connectivity index (χ2v) is 9.12. The Kier molecular flexibility index (Phi) is 6.39. The highest BCUT2D eigenvalue weighted by Gasteiger charge is 2.25. The van der Waals surface area contributed by atoms with Crippen molar-refractivity contribution in [3.8, 4) is 17.0 Å². The Morgan fingerprint density at radius 2 is 1.85 bits per heavy atom. The van der Waals surface area contributed by atoms with Gasteiger partial charge in [-0.25, -0.2) is 15.0 Å². The number of nitrogens with one attached hydrogen (secondary N) is 1. The first-order valence-corrected chi connectivity index (χ1v) is 11.9. The van der Waals surface area contributed by atoms with E-state index in [1.165, 1.54) is 5.56 Å². The van der Waals surface area contributed by atoms with Crippen molar-refractivity contribution >= 4 is 11.6 Å². The monoisotopic (exact) mass is 444 g/mol. The molecule has 0 amide bonds. The van der Waals surface area contributed by atoms with E-state index >= 15 is 0 Å². The van der Waals surface area contributed by atoms with Crippen LogP contribution in [-0.2, 0) is 0 Å². The van der Waals surface area contributed by atoms with Crippen molar-refractivity contribution in [3.05, 3.63) is 60.6 Å². The topological polar surface area (TPSA) is 66.4 Å². The van der Waals surface area contributed by atoms with Crippen LogP contribution < -0.4 is 15.0 Å². The molecule has 5 rings (SSSR count). The molecule has 1 aliphatic carbocycles. The van der Waals surface area contributed by atoms with E-state index in [1.54, 1.807) is 6.33 Å². The van der Waals surface area contributed by atoms with E-state index < -0.39 is 0 Å². The number of aromatic nitrogens is 3. The average Bonchev–Trinajstić information content (AvgIpc) is 3.68. The molecule has 2 aliphatic rings. The Hall–Kier alpha value is -3.19. The lowest BCUT2D eigenvalue weighted by Gasteiger charge is -2.33. The molecular formula is C26H32N6O. The zero-order valence-electron chi connectivity index (χ0n) is 19.4. The highest BCUT2D eigenvalue weighted by atomic mass is 16.5. The maximum absolute atomic E-state index is 6.10. The van der Waals surface area contributed by atoms with Gasteiger partial charge in [-0.15, -0.1) is 0 Å². The lowest BCUT2D eigenvalue weighted by Crippen LogP contribution is -2.44. The molecule has 2 fully saturated rings. The van der Waals surface area contributed by atoms with E-state index in [0.29, 0.717) is 12.0 Å². The number of anilines is 2. The summed E-state index contributed by atoms with van der Waals surface area (Å²) in [6.07, 6.45) is 6.24.